The average Bonchev–Trinajstić information content (AvgIpc) is 2.85. The van der Waals surface area contributed by atoms with E-state index in [2.05, 4.69) is 10.5 Å². The third-order valence-corrected chi connectivity index (χ3v) is 7.02. The van der Waals surface area contributed by atoms with Gasteiger partial charge in [-0.15, -0.1) is 0 Å². The summed E-state index contributed by atoms with van der Waals surface area (Å²) in [5, 5.41) is 4.01. The molecular formula is C25H25N3O5S. The van der Waals surface area contributed by atoms with Gasteiger partial charge in [0, 0.05) is 5.56 Å². The molecule has 3 aromatic rings. The van der Waals surface area contributed by atoms with Gasteiger partial charge in [0.25, 0.3) is 15.9 Å². The second-order valence-corrected chi connectivity index (χ2v) is 9.64. The zero-order chi connectivity index (χ0) is 24.1. The Morgan fingerprint density at radius 2 is 1.79 bits per heavy atom. The van der Waals surface area contributed by atoms with Crippen LogP contribution >= 0.6 is 0 Å². The zero-order valence-corrected chi connectivity index (χ0v) is 19.7. The van der Waals surface area contributed by atoms with Crippen molar-refractivity contribution in [3.63, 3.8) is 0 Å². The SMILES string of the molecule is Cc1ccc(C)c(N(CC(=O)N/N=C/c2cccc3c2OCCO3)S(=O)(=O)c2ccccc2)c1. The van der Waals surface area contributed by atoms with Crippen LogP contribution in [0.1, 0.15) is 16.7 Å². The lowest BCUT2D eigenvalue weighted by Gasteiger charge is -2.25. The maximum Gasteiger partial charge on any atom is 0.264 e. The van der Waals surface area contributed by atoms with Crippen LogP contribution in [-0.4, -0.2) is 40.3 Å². The number of nitrogens with zero attached hydrogens (tertiary/aromatic N) is 2. The number of amides is 1. The molecule has 1 N–H and O–H groups in total. The number of ether oxygens (including phenoxy) is 2. The highest BCUT2D eigenvalue weighted by Crippen LogP contribution is 2.32. The van der Waals surface area contributed by atoms with Crippen LogP contribution in [0.15, 0.2) is 76.7 Å². The van der Waals surface area contributed by atoms with Crippen LogP contribution in [0.4, 0.5) is 5.69 Å². The van der Waals surface area contributed by atoms with Crippen LogP contribution in [-0.2, 0) is 14.8 Å². The minimum atomic E-state index is -3.99. The van der Waals surface area contributed by atoms with Crippen molar-refractivity contribution in [2.24, 2.45) is 5.10 Å². The maximum absolute atomic E-state index is 13.5. The quantitative estimate of drug-likeness (QED) is 0.414. The number of aryl methyl sites for hydroxylation is 2. The molecule has 0 aliphatic carbocycles. The van der Waals surface area contributed by atoms with E-state index in [9.17, 15) is 13.2 Å². The van der Waals surface area contributed by atoms with Crippen molar-refractivity contribution in [3.05, 3.63) is 83.4 Å². The summed E-state index contributed by atoms with van der Waals surface area (Å²) >= 11 is 0. The molecule has 0 radical (unpaired) electrons. The molecule has 0 fully saturated rings. The van der Waals surface area contributed by atoms with Crippen molar-refractivity contribution >= 4 is 27.8 Å². The number of anilines is 1. The molecule has 0 atom stereocenters. The second kappa shape index (κ2) is 9.96. The Bertz CT molecular complexity index is 1320. The van der Waals surface area contributed by atoms with E-state index in [1.54, 1.807) is 49.4 Å². The molecule has 0 saturated heterocycles. The third-order valence-electron chi connectivity index (χ3n) is 5.24. The Morgan fingerprint density at radius 1 is 1.03 bits per heavy atom. The number of hydrogen-bond acceptors (Lipinski definition) is 6. The molecule has 0 unspecified atom stereocenters. The standard InChI is InChI=1S/C25H25N3O5S/c1-18-11-12-19(2)22(15-18)28(34(30,31)21-8-4-3-5-9-21)17-24(29)27-26-16-20-7-6-10-23-25(20)33-14-13-32-23/h3-12,15-16H,13-14,17H2,1-2H3,(H,27,29)/b26-16+. The van der Waals surface area contributed by atoms with E-state index in [4.69, 9.17) is 9.47 Å². The van der Waals surface area contributed by atoms with Gasteiger partial charge in [-0.2, -0.15) is 5.10 Å². The number of carbonyl (C=O) groups is 1. The molecule has 1 heterocycles. The van der Waals surface area contributed by atoms with Crippen LogP contribution in [0.3, 0.4) is 0 Å². The molecule has 0 aromatic heterocycles. The second-order valence-electron chi connectivity index (χ2n) is 7.78. The van der Waals surface area contributed by atoms with Crippen molar-refractivity contribution in [3.8, 4) is 11.5 Å². The number of carbonyl (C=O) groups excluding carboxylic acids is 1. The van der Waals surface area contributed by atoms with E-state index in [1.807, 2.05) is 19.1 Å². The highest BCUT2D eigenvalue weighted by Gasteiger charge is 2.28. The van der Waals surface area contributed by atoms with Gasteiger partial charge in [-0.1, -0.05) is 36.4 Å². The van der Waals surface area contributed by atoms with Crippen LogP contribution in [0, 0.1) is 13.8 Å². The topological polar surface area (TPSA) is 97.3 Å². The predicted molar refractivity (Wildman–Crippen MR) is 130 cm³/mol. The monoisotopic (exact) mass is 479 g/mol. The fraction of sp³-hybridized carbons (Fsp3) is 0.200. The van der Waals surface area contributed by atoms with Gasteiger partial charge in [-0.3, -0.25) is 9.10 Å². The molecule has 8 nitrogen and oxygen atoms in total. The number of hydrazone groups is 1. The summed E-state index contributed by atoms with van der Waals surface area (Å²) in [6, 6.07) is 18.9. The molecule has 4 rings (SSSR count). The van der Waals surface area contributed by atoms with Crippen LogP contribution in [0.25, 0.3) is 0 Å². The van der Waals surface area contributed by atoms with Gasteiger partial charge >= 0.3 is 0 Å². The molecule has 176 valence electrons. The number of para-hydroxylation sites is 1. The number of hydrogen-bond donors (Lipinski definition) is 1. The van der Waals surface area contributed by atoms with Crippen molar-refractivity contribution in [2.45, 2.75) is 18.7 Å². The first-order valence-corrected chi connectivity index (χ1v) is 12.2. The molecule has 1 amide bonds. The van der Waals surface area contributed by atoms with Crippen molar-refractivity contribution < 1.29 is 22.7 Å². The smallest absolute Gasteiger partial charge is 0.264 e. The first-order chi connectivity index (χ1) is 16.4. The summed E-state index contributed by atoms with van der Waals surface area (Å²) in [7, 11) is -3.99. The lowest BCUT2D eigenvalue weighted by atomic mass is 10.1. The van der Waals surface area contributed by atoms with E-state index in [-0.39, 0.29) is 4.90 Å². The number of benzene rings is 3. The van der Waals surface area contributed by atoms with Crippen LogP contribution < -0.4 is 19.2 Å². The van der Waals surface area contributed by atoms with Gasteiger partial charge in [0.05, 0.1) is 16.8 Å². The number of rotatable bonds is 7. The third kappa shape index (κ3) is 5.04. The Hall–Kier alpha value is -3.85. The molecule has 1 aliphatic heterocycles. The summed E-state index contributed by atoms with van der Waals surface area (Å²) in [5.41, 5.74) is 5.11. The van der Waals surface area contributed by atoms with E-state index < -0.39 is 22.5 Å². The van der Waals surface area contributed by atoms with Crippen molar-refractivity contribution in [1.29, 1.82) is 0 Å². The normalized spacial score (nSPS) is 13.0. The Morgan fingerprint density at radius 3 is 2.59 bits per heavy atom. The van der Waals surface area contributed by atoms with Gasteiger partial charge in [0.2, 0.25) is 0 Å². The minimum absolute atomic E-state index is 0.0975. The number of nitrogens with one attached hydrogen (secondary N) is 1. The summed E-state index contributed by atoms with van der Waals surface area (Å²) < 4.78 is 39.2. The highest BCUT2D eigenvalue weighted by molar-refractivity contribution is 7.92. The maximum atomic E-state index is 13.5. The van der Waals surface area contributed by atoms with Crippen LogP contribution in [0.2, 0.25) is 0 Å². The molecular weight excluding hydrogens is 454 g/mol. The Kier molecular flexibility index (Phi) is 6.83. The van der Waals surface area contributed by atoms with Gasteiger partial charge in [-0.05, 0) is 55.3 Å². The lowest BCUT2D eigenvalue weighted by Crippen LogP contribution is -2.40. The average molecular weight is 480 g/mol. The summed E-state index contributed by atoms with van der Waals surface area (Å²) in [6.45, 7) is 4.12. The molecule has 34 heavy (non-hydrogen) atoms. The van der Waals surface area contributed by atoms with Gasteiger partial charge in [0.1, 0.15) is 19.8 Å². The number of sulfonamides is 1. The Balaban J connectivity index is 1.58. The molecule has 0 spiro atoms. The first-order valence-electron chi connectivity index (χ1n) is 10.7. The molecule has 9 heteroatoms. The summed E-state index contributed by atoms with van der Waals surface area (Å²) in [4.78, 5) is 12.9. The zero-order valence-electron chi connectivity index (χ0n) is 18.9. The number of fused-ring (bicyclic) bond motifs is 1. The molecule has 0 saturated carbocycles. The Labute approximate surface area is 198 Å². The van der Waals surface area contributed by atoms with Crippen LogP contribution in [0.5, 0.6) is 11.5 Å². The van der Waals surface area contributed by atoms with Crippen molar-refractivity contribution in [2.75, 3.05) is 24.1 Å². The first kappa shape index (κ1) is 23.3. The summed E-state index contributed by atoms with van der Waals surface area (Å²) in [6.07, 6.45) is 1.44. The van der Waals surface area contributed by atoms with Gasteiger partial charge in [-0.25, -0.2) is 13.8 Å². The summed E-state index contributed by atoms with van der Waals surface area (Å²) in [5.74, 6) is 0.575. The minimum Gasteiger partial charge on any atom is -0.486 e. The largest absolute Gasteiger partial charge is 0.486 e. The fourth-order valence-electron chi connectivity index (χ4n) is 3.54. The fourth-order valence-corrected chi connectivity index (χ4v) is 5.04. The lowest BCUT2D eigenvalue weighted by molar-refractivity contribution is -0.119. The van der Waals surface area contributed by atoms with E-state index in [1.165, 1.54) is 18.3 Å². The van der Waals surface area contributed by atoms with E-state index in [0.717, 1.165) is 15.4 Å². The van der Waals surface area contributed by atoms with E-state index in [0.29, 0.717) is 36.0 Å². The van der Waals surface area contributed by atoms with Gasteiger partial charge < -0.3 is 9.47 Å². The van der Waals surface area contributed by atoms with Gasteiger partial charge in [0.15, 0.2) is 11.5 Å². The van der Waals surface area contributed by atoms with E-state index >= 15 is 0 Å². The predicted octanol–water partition coefficient (Wildman–Crippen LogP) is 3.42. The van der Waals surface area contributed by atoms with Crippen molar-refractivity contribution in [1.82, 2.24) is 5.43 Å². The molecule has 1 aliphatic rings. The molecule has 3 aromatic carbocycles. The molecule has 0 bridgehead atoms. The highest BCUT2D eigenvalue weighted by atomic mass is 32.2.